The predicted octanol–water partition coefficient (Wildman–Crippen LogP) is 3.54. The lowest BCUT2D eigenvalue weighted by molar-refractivity contribution is 0.0241. The first-order valence-electron chi connectivity index (χ1n) is 9.31. The average molecular weight is 353 g/mol. The largest absolute Gasteiger partial charge is 0.491 e. The number of benzene rings is 2. The summed E-state index contributed by atoms with van der Waals surface area (Å²) < 4.78 is 5.63. The van der Waals surface area contributed by atoms with Gasteiger partial charge in [-0.15, -0.1) is 0 Å². The monoisotopic (exact) mass is 353 g/mol. The highest BCUT2D eigenvalue weighted by Gasteiger charge is 2.30. The molecule has 2 aromatic rings. The molecular weight excluding hydrogens is 326 g/mol. The number of carbonyl (C=O) groups excluding carboxylic acids is 1. The molecule has 4 nitrogen and oxygen atoms in total. The van der Waals surface area contributed by atoms with Gasteiger partial charge >= 0.3 is 0 Å². The van der Waals surface area contributed by atoms with Crippen LogP contribution < -0.4 is 4.74 Å². The maximum absolute atomic E-state index is 12.8. The molecule has 0 radical (unpaired) electrons. The number of hydrogen-bond acceptors (Lipinski definition) is 3. The molecule has 0 spiro atoms. The Labute approximate surface area is 155 Å². The molecule has 4 heteroatoms. The highest BCUT2D eigenvalue weighted by Crippen LogP contribution is 2.23. The third-order valence-electron chi connectivity index (χ3n) is 4.79. The molecule has 1 fully saturated rings. The molecule has 0 aliphatic carbocycles. The number of aliphatic hydroxyl groups excluding tert-OH is 1. The molecule has 0 aromatic heterocycles. The quantitative estimate of drug-likeness (QED) is 0.894. The Morgan fingerprint density at radius 3 is 2.50 bits per heavy atom. The molecular formula is C22H27NO3. The summed E-state index contributed by atoms with van der Waals surface area (Å²) in [6.45, 7) is 5.13. The van der Waals surface area contributed by atoms with Crippen LogP contribution in [0.3, 0.4) is 0 Å². The minimum Gasteiger partial charge on any atom is -0.491 e. The minimum absolute atomic E-state index is 0.0195. The topological polar surface area (TPSA) is 49.8 Å². The van der Waals surface area contributed by atoms with E-state index in [2.05, 4.69) is 12.1 Å². The maximum atomic E-state index is 12.8. The average Bonchev–Trinajstić information content (AvgIpc) is 2.64. The highest BCUT2D eigenvalue weighted by molar-refractivity contribution is 5.94. The molecule has 1 amide bonds. The number of amides is 1. The van der Waals surface area contributed by atoms with E-state index < -0.39 is 0 Å². The van der Waals surface area contributed by atoms with Crippen molar-refractivity contribution in [2.45, 2.75) is 38.9 Å². The van der Waals surface area contributed by atoms with Crippen molar-refractivity contribution in [2.24, 2.45) is 5.92 Å². The summed E-state index contributed by atoms with van der Waals surface area (Å²) in [4.78, 5) is 14.7. The molecule has 1 aliphatic rings. The van der Waals surface area contributed by atoms with E-state index >= 15 is 0 Å². The second-order valence-electron chi connectivity index (χ2n) is 7.25. The summed E-state index contributed by atoms with van der Waals surface area (Å²) >= 11 is 0. The summed E-state index contributed by atoms with van der Waals surface area (Å²) in [7, 11) is 0. The number of aliphatic hydroxyl groups is 1. The van der Waals surface area contributed by atoms with Crippen LogP contribution in [-0.4, -0.2) is 41.2 Å². The first kappa shape index (κ1) is 18.5. The zero-order valence-electron chi connectivity index (χ0n) is 15.5. The zero-order chi connectivity index (χ0) is 18.5. The van der Waals surface area contributed by atoms with Gasteiger partial charge in [-0.1, -0.05) is 30.3 Å². The molecule has 26 heavy (non-hydrogen) atoms. The fourth-order valence-corrected chi connectivity index (χ4v) is 3.45. The number of rotatable bonds is 5. The minimum atomic E-state index is -0.360. The Morgan fingerprint density at radius 1 is 1.15 bits per heavy atom. The van der Waals surface area contributed by atoms with E-state index in [0.717, 1.165) is 12.2 Å². The number of likely N-dealkylation sites (tertiary alicyclic amines) is 1. The van der Waals surface area contributed by atoms with Crippen molar-refractivity contribution < 1.29 is 14.6 Å². The van der Waals surface area contributed by atoms with E-state index in [-0.39, 0.29) is 24.0 Å². The van der Waals surface area contributed by atoms with Crippen LogP contribution in [0, 0.1) is 5.92 Å². The molecule has 2 atom stereocenters. The molecule has 0 bridgehead atoms. The molecule has 138 valence electrons. The third-order valence-corrected chi connectivity index (χ3v) is 4.79. The lowest BCUT2D eigenvalue weighted by Gasteiger charge is -2.36. The number of carbonyl (C=O) groups is 1. The van der Waals surface area contributed by atoms with Gasteiger partial charge in [0.15, 0.2) is 0 Å². The second kappa shape index (κ2) is 8.37. The van der Waals surface area contributed by atoms with E-state index in [1.54, 1.807) is 0 Å². The Bertz CT molecular complexity index is 712. The molecule has 3 rings (SSSR count). The van der Waals surface area contributed by atoms with Crippen LogP contribution in [0.15, 0.2) is 54.6 Å². The summed E-state index contributed by atoms with van der Waals surface area (Å²) in [6.07, 6.45) is 1.16. The van der Waals surface area contributed by atoms with Gasteiger partial charge in [-0.25, -0.2) is 0 Å². The van der Waals surface area contributed by atoms with Gasteiger partial charge in [0.25, 0.3) is 5.91 Å². The number of nitrogens with zero attached hydrogens (tertiary/aromatic N) is 1. The van der Waals surface area contributed by atoms with Gasteiger partial charge in [0.2, 0.25) is 0 Å². The van der Waals surface area contributed by atoms with Crippen molar-refractivity contribution in [2.75, 3.05) is 13.1 Å². The summed E-state index contributed by atoms with van der Waals surface area (Å²) in [6, 6.07) is 17.5. The van der Waals surface area contributed by atoms with Crippen LogP contribution in [0.25, 0.3) is 0 Å². The van der Waals surface area contributed by atoms with E-state index in [1.165, 1.54) is 5.56 Å². The standard InChI is InChI=1S/C22H27NO3/c1-16(2)26-20-10-8-18(9-11-20)22(25)23-13-12-21(24)19(15-23)14-17-6-4-3-5-7-17/h3-11,16,19,21,24H,12-15H2,1-2H3/t19-,21+/m1/s1. The van der Waals surface area contributed by atoms with Crippen molar-refractivity contribution in [3.63, 3.8) is 0 Å². The van der Waals surface area contributed by atoms with Crippen LogP contribution in [-0.2, 0) is 6.42 Å². The molecule has 1 aliphatic heterocycles. The van der Waals surface area contributed by atoms with Gasteiger partial charge < -0.3 is 14.7 Å². The summed E-state index contributed by atoms with van der Waals surface area (Å²) in [5.74, 6) is 0.859. The van der Waals surface area contributed by atoms with E-state index in [0.29, 0.717) is 25.1 Å². The highest BCUT2D eigenvalue weighted by atomic mass is 16.5. The van der Waals surface area contributed by atoms with Crippen molar-refractivity contribution in [1.29, 1.82) is 0 Å². The number of ether oxygens (including phenoxy) is 1. The van der Waals surface area contributed by atoms with Gasteiger partial charge in [-0.2, -0.15) is 0 Å². The SMILES string of the molecule is CC(C)Oc1ccc(C(=O)N2CC[C@H](O)[C@H](Cc3ccccc3)C2)cc1. The van der Waals surface area contributed by atoms with Gasteiger partial charge in [0, 0.05) is 24.6 Å². The normalized spacial score (nSPS) is 20.2. The van der Waals surface area contributed by atoms with Crippen LogP contribution in [0.4, 0.5) is 0 Å². The fraction of sp³-hybridized carbons (Fsp3) is 0.409. The van der Waals surface area contributed by atoms with Gasteiger partial charge in [-0.3, -0.25) is 4.79 Å². The third kappa shape index (κ3) is 4.64. The molecule has 2 aromatic carbocycles. The maximum Gasteiger partial charge on any atom is 0.253 e. The number of hydrogen-bond donors (Lipinski definition) is 1. The van der Waals surface area contributed by atoms with Gasteiger partial charge in [0.1, 0.15) is 5.75 Å². The smallest absolute Gasteiger partial charge is 0.253 e. The fourth-order valence-electron chi connectivity index (χ4n) is 3.45. The van der Waals surface area contributed by atoms with E-state index in [1.807, 2.05) is 61.2 Å². The van der Waals surface area contributed by atoms with Crippen molar-refractivity contribution in [1.82, 2.24) is 4.90 Å². The second-order valence-corrected chi connectivity index (χ2v) is 7.25. The van der Waals surface area contributed by atoms with Crippen LogP contribution in [0.2, 0.25) is 0 Å². The Kier molecular flexibility index (Phi) is 5.94. The number of piperidine rings is 1. The van der Waals surface area contributed by atoms with Crippen LogP contribution >= 0.6 is 0 Å². The first-order valence-corrected chi connectivity index (χ1v) is 9.31. The molecule has 1 heterocycles. The lowest BCUT2D eigenvalue weighted by Crippen LogP contribution is -2.46. The predicted molar refractivity (Wildman–Crippen MR) is 102 cm³/mol. The van der Waals surface area contributed by atoms with Crippen LogP contribution in [0.5, 0.6) is 5.75 Å². The van der Waals surface area contributed by atoms with Crippen molar-refractivity contribution in [3.05, 3.63) is 65.7 Å². The molecule has 0 unspecified atom stereocenters. The van der Waals surface area contributed by atoms with Crippen LogP contribution in [0.1, 0.15) is 36.2 Å². The Balaban J connectivity index is 1.65. The van der Waals surface area contributed by atoms with Crippen molar-refractivity contribution >= 4 is 5.91 Å². The van der Waals surface area contributed by atoms with E-state index in [4.69, 9.17) is 4.74 Å². The lowest BCUT2D eigenvalue weighted by atomic mass is 9.88. The zero-order valence-corrected chi connectivity index (χ0v) is 15.5. The Morgan fingerprint density at radius 2 is 1.85 bits per heavy atom. The molecule has 1 saturated heterocycles. The van der Waals surface area contributed by atoms with Crippen molar-refractivity contribution in [3.8, 4) is 5.75 Å². The summed E-state index contributed by atoms with van der Waals surface area (Å²) in [5, 5.41) is 10.4. The molecule has 0 saturated carbocycles. The van der Waals surface area contributed by atoms with E-state index in [9.17, 15) is 9.90 Å². The van der Waals surface area contributed by atoms with Gasteiger partial charge in [0.05, 0.1) is 12.2 Å². The Hall–Kier alpha value is -2.33. The molecule has 1 N–H and O–H groups in total. The first-order chi connectivity index (χ1) is 12.5. The van der Waals surface area contributed by atoms with Gasteiger partial charge in [-0.05, 0) is 56.5 Å². The summed E-state index contributed by atoms with van der Waals surface area (Å²) in [5.41, 5.74) is 1.86.